The molecule has 3 rings (SSSR count). The number of aromatic nitrogens is 3. The summed E-state index contributed by atoms with van der Waals surface area (Å²) in [5, 5.41) is 17.6. The van der Waals surface area contributed by atoms with Crippen molar-refractivity contribution in [1.29, 1.82) is 0 Å². The van der Waals surface area contributed by atoms with Crippen molar-refractivity contribution in [3.63, 3.8) is 0 Å². The maximum Gasteiger partial charge on any atom is 0.335 e. The summed E-state index contributed by atoms with van der Waals surface area (Å²) in [6.45, 7) is 2.88. The van der Waals surface area contributed by atoms with Crippen LogP contribution in [0.2, 0.25) is 0 Å². The molecule has 1 atom stereocenters. The summed E-state index contributed by atoms with van der Waals surface area (Å²) in [5.41, 5.74) is 1.22. The first-order chi connectivity index (χ1) is 11.1. The molecule has 3 aromatic rings. The first kappa shape index (κ1) is 15.0. The van der Waals surface area contributed by atoms with E-state index in [1.807, 2.05) is 28.9 Å². The highest BCUT2D eigenvalue weighted by Crippen LogP contribution is 2.21. The van der Waals surface area contributed by atoms with Gasteiger partial charge in [0.05, 0.1) is 23.3 Å². The molecule has 0 bridgehead atoms. The van der Waals surface area contributed by atoms with E-state index >= 15 is 0 Å². The highest BCUT2D eigenvalue weighted by molar-refractivity contribution is 5.93. The molecule has 1 unspecified atom stereocenters. The highest BCUT2D eigenvalue weighted by Gasteiger charge is 2.12. The second-order valence-electron chi connectivity index (χ2n) is 5.45. The number of nitrogens with one attached hydrogen (secondary N) is 1. The molecule has 1 aromatic carbocycles. The smallest absolute Gasteiger partial charge is 0.335 e. The van der Waals surface area contributed by atoms with Crippen LogP contribution in [0.25, 0.3) is 10.9 Å². The minimum atomic E-state index is -0.924. The van der Waals surface area contributed by atoms with Crippen LogP contribution in [0.5, 0.6) is 0 Å². The molecular weight excluding hydrogens is 292 g/mol. The monoisotopic (exact) mass is 310 g/mol. The first-order valence-electron chi connectivity index (χ1n) is 7.50. The molecule has 2 heterocycles. The van der Waals surface area contributed by atoms with Gasteiger partial charge in [-0.25, -0.2) is 9.78 Å². The predicted molar refractivity (Wildman–Crippen MR) is 88.7 cm³/mol. The van der Waals surface area contributed by atoms with Crippen molar-refractivity contribution < 1.29 is 9.90 Å². The van der Waals surface area contributed by atoms with Crippen molar-refractivity contribution in [2.75, 3.05) is 11.9 Å². The molecule has 0 aliphatic rings. The number of carbonyl (C=O) groups is 1. The van der Waals surface area contributed by atoms with E-state index in [0.29, 0.717) is 0 Å². The largest absolute Gasteiger partial charge is 0.478 e. The van der Waals surface area contributed by atoms with E-state index in [9.17, 15) is 4.79 Å². The Morgan fingerprint density at radius 2 is 2.22 bits per heavy atom. The van der Waals surface area contributed by atoms with Gasteiger partial charge in [-0.05, 0) is 43.7 Å². The van der Waals surface area contributed by atoms with Crippen molar-refractivity contribution in [3.05, 3.63) is 54.4 Å². The summed E-state index contributed by atoms with van der Waals surface area (Å²) in [4.78, 5) is 15.2. The van der Waals surface area contributed by atoms with Crippen molar-refractivity contribution in [2.24, 2.45) is 0 Å². The highest BCUT2D eigenvalue weighted by atomic mass is 16.4. The molecule has 0 aliphatic carbocycles. The fraction of sp³-hybridized carbons (Fsp3) is 0.235. The summed E-state index contributed by atoms with van der Waals surface area (Å²) in [6.07, 6.45) is 4.35. The number of aromatic carboxylic acids is 1. The minimum Gasteiger partial charge on any atom is -0.478 e. The predicted octanol–water partition coefficient (Wildman–Crippen LogP) is 3.19. The van der Waals surface area contributed by atoms with E-state index in [-0.39, 0.29) is 11.6 Å². The van der Waals surface area contributed by atoms with Gasteiger partial charge < -0.3 is 10.4 Å². The van der Waals surface area contributed by atoms with Crippen LogP contribution in [-0.4, -0.2) is 32.4 Å². The molecule has 0 aliphatic heterocycles. The summed E-state index contributed by atoms with van der Waals surface area (Å²) >= 11 is 0. The Hall–Kier alpha value is -2.89. The van der Waals surface area contributed by atoms with Crippen LogP contribution in [0.15, 0.2) is 48.8 Å². The van der Waals surface area contributed by atoms with Crippen molar-refractivity contribution in [3.8, 4) is 0 Å². The van der Waals surface area contributed by atoms with Gasteiger partial charge in [0.1, 0.15) is 5.82 Å². The zero-order valence-corrected chi connectivity index (χ0v) is 12.8. The molecule has 0 saturated carbocycles. The van der Waals surface area contributed by atoms with Crippen LogP contribution in [0.1, 0.15) is 29.7 Å². The molecule has 0 fully saturated rings. The SMILES string of the molecule is CC(CCNc1ccccn1)n1ncc2cc(C(=O)O)ccc21. The van der Waals surface area contributed by atoms with Crippen LogP contribution >= 0.6 is 0 Å². The molecule has 23 heavy (non-hydrogen) atoms. The number of hydrogen-bond acceptors (Lipinski definition) is 4. The molecule has 0 radical (unpaired) electrons. The van der Waals surface area contributed by atoms with Crippen LogP contribution in [0.4, 0.5) is 5.82 Å². The standard InChI is InChI=1S/C17H18N4O2/c1-12(7-9-19-16-4-2-3-8-18-16)21-15-6-5-13(17(22)23)10-14(15)11-20-21/h2-6,8,10-12H,7,9H2,1H3,(H,18,19)(H,22,23). The number of benzene rings is 1. The maximum absolute atomic E-state index is 11.0. The zero-order chi connectivity index (χ0) is 16.2. The lowest BCUT2D eigenvalue weighted by Crippen LogP contribution is -2.12. The van der Waals surface area contributed by atoms with E-state index in [2.05, 4.69) is 22.3 Å². The molecule has 0 amide bonds. The lowest BCUT2D eigenvalue weighted by atomic mass is 10.1. The van der Waals surface area contributed by atoms with E-state index in [1.54, 1.807) is 24.5 Å². The Balaban J connectivity index is 1.68. The third-order valence-corrected chi connectivity index (χ3v) is 3.79. The molecule has 6 heteroatoms. The fourth-order valence-electron chi connectivity index (χ4n) is 2.54. The average molecular weight is 310 g/mol. The molecule has 2 N–H and O–H groups in total. The van der Waals surface area contributed by atoms with Gasteiger partial charge in [-0.2, -0.15) is 5.10 Å². The van der Waals surface area contributed by atoms with Crippen LogP contribution in [0.3, 0.4) is 0 Å². The lowest BCUT2D eigenvalue weighted by molar-refractivity contribution is 0.0697. The number of nitrogens with zero attached hydrogens (tertiary/aromatic N) is 3. The third-order valence-electron chi connectivity index (χ3n) is 3.79. The third kappa shape index (κ3) is 3.31. The van der Waals surface area contributed by atoms with Crippen LogP contribution in [-0.2, 0) is 0 Å². The van der Waals surface area contributed by atoms with Crippen molar-refractivity contribution in [1.82, 2.24) is 14.8 Å². The van der Waals surface area contributed by atoms with Crippen molar-refractivity contribution >= 4 is 22.7 Å². The summed E-state index contributed by atoms with van der Waals surface area (Å²) in [7, 11) is 0. The van der Waals surface area contributed by atoms with Crippen LogP contribution < -0.4 is 5.32 Å². The Morgan fingerprint density at radius 1 is 1.35 bits per heavy atom. The molecular formula is C17H18N4O2. The number of rotatable bonds is 6. The summed E-state index contributed by atoms with van der Waals surface area (Å²) in [5.74, 6) is -0.0663. The first-order valence-corrected chi connectivity index (χ1v) is 7.50. The Bertz CT molecular complexity index is 814. The van der Waals surface area contributed by atoms with Gasteiger partial charge >= 0.3 is 5.97 Å². The van der Waals surface area contributed by atoms with Gasteiger partial charge in [-0.1, -0.05) is 6.07 Å². The van der Waals surface area contributed by atoms with E-state index < -0.39 is 5.97 Å². The summed E-state index contributed by atoms with van der Waals surface area (Å²) < 4.78 is 1.93. The van der Waals surface area contributed by atoms with Gasteiger partial charge in [0, 0.05) is 18.1 Å². The van der Waals surface area contributed by atoms with Gasteiger partial charge in [-0.3, -0.25) is 4.68 Å². The average Bonchev–Trinajstić information content (AvgIpc) is 2.99. The molecule has 0 saturated heterocycles. The van der Waals surface area contributed by atoms with Gasteiger partial charge in [0.15, 0.2) is 0 Å². The van der Waals surface area contributed by atoms with Gasteiger partial charge in [0.25, 0.3) is 0 Å². The molecule has 6 nitrogen and oxygen atoms in total. The number of hydrogen-bond donors (Lipinski definition) is 2. The van der Waals surface area contributed by atoms with E-state index in [1.165, 1.54) is 0 Å². The number of pyridine rings is 1. The zero-order valence-electron chi connectivity index (χ0n) is 12.8. The number of carboxylic acid groups (broad SMARTS) is 1. The van der Waals surface area contributed by atoms with E-state index in [4.69, 9.17) is 5.11 Å². The lowest BCUT2D eigenvalue weighted by Gasteiger charge is -2.14. The second-order valence-corrected chi connectivity index (χ2v) is 5.45. The maximum atomic E-state index is 11.0. The van der Waals surface area contributed by atoms with Crippen molar-refractivity contribution in [2.45, 2.75) is 19.4 Å². The number of fused-ring (bicyclic) bond motifs is 1. The normalized spacial score (nSPS) is 12.2. The fourth-order valence-corrected chi connectivity index (χ4v) is 2.54. The molecule has 118 valence electrons. The second kappa shape index (κ2) is 6.48. The Morgan fingerprint density at radius 3 is 2.96 bits per heavy atom. The number of carboxylic acids is 1. The minimum absolute atomic E-state index is 0.194. The van der Waals surface area contributed by atoms with Gasteiger partial charge in [0.2, 0.25) is 0 Å². The van der Waals surface area contributed by atoms with Gasteiger partial charge in [-0.15, -0.1) is 0 Å². The topological polar surface area (TPSA) is 80.0 Å². The number of anilines is 1. The molecule has 2 aromatic heterocycles. The Labute approximate surface area is 133 Å². The quantitative estimate of drug-likeness (QED) is 0.731. The van der Waals surface area contributed by atoms with E-state index in [0.717, 1.165) is 29.7 Å². The van der Waals surface area contributed by atoms with Crippen LogP contribution in [0, 0.1) is 0 Å². The summed E-state index contributed by atoms with van der Waals surface area (Å²) in [6, 6.07) is 11.0. The Kier molecular flexibility index (Phi) is 4.23. The molecule has 0 spiro atoms.